The maximum atomic E-state index is 5.50. The third-order valence-corrected chi connectivity index (χ3v) is 3.06. The fourth-order valence-electron chi connectivity index (χ4n) is 1.98. The number of aromatic nitrogens is 2. The second-order valence-corrected chi connectivity index (χ2v) is 4.48. The van der Waals surface area contributed by atoms with Crippen molar-refractivity contribution in [2.45, 2.75) is 20.0 Å². The maximum absolute atomic E-state index is 5.50. The lowest BCUT2D eigenvalue weighted by Crippen LogP contribution is -2.15. The topological polar surface area (TPSA) is 48.3 Å². The minimum Gasteiger partial charge on any atom is -0.493 e. The molecule has 0 aliphatic rings. The Morgan fingerprint density at radius 2 is 2.10 bits per heavy atom. The number of methoxy groups -OCH3 is 1. The molecule has 1 N–H and O–H groups in total. The second-order valence-electron chi connectivity index (χ2n) is 4.48. The summed E-state index contributed by atoms with van der Waals surface area (Å²) in [7, 11) is 3.65. The molecule has 0 aliphatic carbocycles. The van der Waals surface area contributed by atoms with Crippen molar-refractivity contribution in [1.82, 2.24) is 14.9 Å². The van der Waals surface area contributed by atoms with Crippen molar-refractivity contribution in [3.05, 3.63) is 42.0 Å². The van der Waals surface area contributed by atoms with Crippen LogP contribution in [0.4, 0.5) is 0 Å². The zero-order valence-electron chi connectivity index (χ0n) is 12.2. The van der Waals surface area contributed by atoms with Crippen LogP contribution in [-0.4, -0.2) is 23.3 Å². The molecule has 1 aromatic heterocycles. The predicted molar refractivity (Wildman–Crippen MR) is 77.9 cm³/mol. The highest BCUT2D eigenvalue weighted by atomic mass is 16.5. The summed E-state index contributed by atoms with van der Waals surface area (Å²) < 4.78 is 12.8. The standard InChI is InChI=1S/C15H21N3O2/c1-4-20-13-6-5-12(9-14(13)19-3)10-16-11-15-17-7-8-18(15)2/h5-9,16H,4,10-11H2,1-3H3. The van der Waals surface area contributed by atoms with Crippen LogP contribution in [-0.2, 0) is 20.1 Å². The van der Waals surface area contributed by atoms with Crippen LogP contribution in [0.15, 0.2) is 30.6 Å². The van der Waals surface area contributed by atoms with Crippen molar-refractivity contribution in [2.24, 2.45) is 7.05 Å². The van der Waals surface area contributed by atoms with Gasteiger partial charge >= 0.3 is 0 Å². The van der Waals surface area contributed by atoms with Crippen LogP contribution in [0.2, 0.25) is 0 Å². The van der Waals surface area contributed by atoms with E-state index in [-0.39, 0.29) is 0 Å². The van der Waals surface area contributed by atoms with Crippen LogP contribution >= 0.6 is 0 Å². The Balaban J connectivity index is 1.94. The molecule has 5 heteroatoms. The van der Waals surface area contributed by atoms with Crippen molar-refractivity contribution in [1.29, 1.82) is 0 Å². The zero-order valence-corrected chi connectivity index (χ0v) is 12.2. The summed E-state index contributed by atoms with van der Waals surface area (Å²) in [6.07, 6.45) is 3.74. The van der Waals surface area contributed by atoms with E-state index in [0.29, 0.717) is 6.61 Å². The highest BCUT2D eigenvalue weighted by Crippen LogP contribution is 2.27. The number of hydrogen-bond acceptors (Lipinski definition) is 4. The molecule has 20 heavy (non-hydrogen) atoms. The normalized spacial score (nSPS) is 10.6. The number of nitrogens with one attached hydrogen (secondary N) is 1. The van der Waals surface area contributed by atoms with Gasteiger partial charge in [-0.3, -0.25) is 0 Å². The van der Waals surface area contributed by atoms with E-state index in [1.165, 1.54) is 0 Å². The zero-order chi connectivity index (χ0) is 14.4. The lowest BCUT2D eigenvalue weighted by atomic mass is 10.2. The van der Waals surface area contributed by atoms with Gasteiger partial charge in [-0.25, -0.2) is 4.98 Å². The number of hydrogen-bond donors (Lipinski definition) is 1. The molecular formula is C15H21N3O2. The number of imidazole rings is 1. The largest absolute Gasteiger partial charge is 0.493 e. The Kier molecular flexibility index (Phi) is 5.01. The van der Waals surface area contributed by atoms with Gasteiger partial charge < -0.3 is 19.4 Å². The van der Waals surface area contributed by atoms with Crippen molar-refractivity contribution in [2.75, 3.05) is 13.7 Å². The molecule has 0 fully saturated rings. The van der Waals surface area contributed by atoms with Gasteiger partial charge in [0.25, 0.3) is 0 Å². The van der Waals surface area contributed by atoms with Gasteiger partial charge in [0, 0.05) is 26.0 Å². The molecule has 2 rings (SSSR count). The summed E-state index contributed by atoms with van der Waals surface area (Å²) in [5.74, 6) is 2.56. The van der Waals surface area contributed by atoms with E-state index in [1.54, 1.807) is 13.3 Å². The molecule has 0 amide bonds. The van der Waals surface area contributed by atoms with E-state index in [1.807, 2.05) is 42.9 Å². The Hall–Kier alpha value is -2.01. The predicted octanol–water partition coefficient (Wildman–Crippen LogP) is 2.12. The number of ether oxygens (including phenoxy) is 2. The van der Waals surface area contributed by atoms with Gasteiger partial charge in [0.1, 0.15) is 5.82 Å². The molecule has 0 saturated heterocycles. The van der Waals surface area contributed by atoms with E-state index in [4.69, 9.17) is 9.47 Å². The van der Waals surface area contributed by atoms with Gasteiger partial charge in [-0.2, -0.15) is 0 Å². The lowest BCUT2D eigenvalue weighted by molar-refractivity contribution is 0.310. The van der Waals surface area contributed by atoms with E-state index in [0.717, 1.165) is 36.0 Å². The van der Waals surface area contributed by atoms with Crippen molar-refractivity contribution in [3.8, 4) is 11.5 Å². The van der Waals surface area contributed by atoms with Gasteiger partial charge in [0.2, 0.25) is 0 Å². The van der Waals surface area contributed by atoms with Crippen molar-refractivity contribution in [3.63, 3.8) is 0 Å². The Morgan fingerprint density at radius 1 is 1.25 bits per heavy atom. The first-order valence-electron chi connectivity index (χ1n) is 6.71. The molecule has 5 nitrogen and oxygen atoms in total. The number of aryl methyl sites for hydroxylation is 1. The summed E-state index contributed by atoms with van der Waals surface area (Å²) in [6, 6.07) is 5.98. The summed E-state index contributed by atoms with van der Waals surface area (Å²) >= 11 is 0. The molecule has 108 valence electrons. The molecule has 0 unspecified atom stereocenters. The number of rotatable bonds is 7. The smallest absolute Gasteiger partial charge is 0.161 e. The first-order chi connectivity index (χ1) is 9.74. The van der Waals surface area contributed by atoms with Gasteiger partial charge in [-0.05, 0) is 24.6 Å². The molecule has 0 aliphatic heterocycles. The average Bonchev–Trinajstić information content (AvgIpc) is 2.86. The highest BCUT2D eigenvalue weighted by molar-refractivity contribution is 5.42. The van der Waals surface area contributed by atoms with E-state index in [9.17, 15) is 0 Å². The molecule has 0 spiro atoms. The van der Waals surface area contributed by atoms with Gasteiger partial charge in [-0.1, -0.05) is 6.07 Å². The van der Waals surface area contributed by atoms with Crippen LogP contribution in [0.5, 0.6) is 11.5 Å². The monoisotopic (exact) mass is 275 g/mol. The maximum Gasteiger partial charge on any atom is 0.161 e. The number of benzene rings is 1. The second kappa shape index (κ2) is 6.96. The van der Waals surface area contributed by atoms with Crippen LogP contribution in [0, 0.1) is 0 Å². The fourth-order valence-corrected chi connectivity index (χ4v) is 1.98. The van der Waals surface area contributed by atoms with Gasteiger partial charge in [0.05, 0.1) is 20.3 Å². The molecule has 1 aromatic carbocycles. The minimum atomic E-state index is 0.632. The van der Waals surface area contributed by atoms with Crippen molar-refractivity contribution >= 4 is 0 Å². The summed E-state index contributed by atoms with van der Waals surface area (Å²) in [6.45, 7) is 4.09. The molecule has 0 bridgehead atoms. The third-order valence-electron chi connectivity index (χ3n) is 3.06. The Morgan fingerprint density at radius 3 is 2.75 bits per heavy atom. The molecular weight excluding hydrogens is 254 g/mol. The first kappa shape index (κ1) is 14.4. The molecule has 0 saturated carbocycles. The van der Waals surface area contributed by atoms with Crippen LogP contribution in [0.25, 0.3) is 0 Å². The molecule has 2 aromatic rings. The Labute approximate surface area is 119 Å². The molecule has 0 atom stereocenters. The van der Waals surface area contributed by atoms with Crippen LogP contribution in [0.3, 0.4) is 0 Å². The van der Waals surface area contributed by atoms with Gasteiger partial charge in [0.15, 0.2) is 11.5 Å². The minimum absolute atomic E-state index is 0.632. The highest BCUT2D eigenvalue weighted by Gasteiger charge is 2.05. The third kappa shape index (κ3) is 3.51. The van der Waals surface area contributed by atoms with Crippen LogP contribution in [0.1, 0.15) is 18.3 Å². The lowest BCUT2D eigenvalue weighted by Gasteiger charge is -2.11. The van der Waals surface area contributed by atoms with Gasteiger partial charge in [-0.15, -0.1) is 0 Å². The Bertz CT molecular complexity index is 552. The van der Waals surface area contributed by atoms with E-state index in [2.05, 4.69) is 10.3 Å². The summed E-state index contributed by atoms with van der Waals surface area (Å²) in [4.78, 5) is 4.27. The summed E-state index contributed by atoms with van der Waals surface area (Å²) in [5.41, 5.74) is 1.15. The molecule has 0 radical (unpaired) electrons. The fraction of sp³-hybridized carbons (Fsp3) is 0.400. The average molecular weight is 275 g/mol. The number of nitrogens with zero attached hydrogens (tertiary/aromatic N) is 2. The van der Waals surface area contributed by atoms with E-state index >= 15 is 0 Å². The van der Waals surface area contributed by atoms with Crippen molar-refractivity contribution < 1.29 is 9.47 Å². The quantitative estimate of drug-likeness (QED) is 0.841. The van der Waals surface area contributed by atoms with E-state index < -0.39 is 0 Å². The molecule has 1 heterocycles. The SMILES string of the molecule is CCOc1ccc(CNCc2nccn2C)cc1OC. The van der Waals surface area contributed by atoms with Crippen LogP contribution < -0.4 is 14.8 Å². The summed E-state index contributed by atoms with van der Waals surface area (Å²) in [5, 5.41) is 3.37. The first-order valence-corrected chi connectivity index (χ1v) is 6.71.